The number of carboxylic acid groups (broad SMARTS) is 1. The molecule has 0 saturated heterocycles. The van der Waals surface area contributed by atoms with E-state index >= 15 is 0 Å². The van der Waals surface area contributed by atoms with Crippen molar-refractivity contribution >= 4 is 33.4 Å². The fourth-order valence-electron chi connectivity index (χ4n) is 1.16. The van der Waals surface area contributed by atoms with Gasteiger partial charge in [0.05, 0.1) is 5.69 Å². The number of nitrogen functional groups attached to an aromatic ring is 1. The number of nitrogens with one attached hydrogen (secondary N) is 1. The molecule has 102 valence electrons. The lowest BCUT2D eigenvalue weighted by Crippen LogP contribution is -2.19. The zero-order valence-corrected chi connectivity index (χ0v) is 10.3. The Labute approximate surface area is 108 Å². The van der Waals surface area contributed by atoms with E-state index in [9.17, 15) is 18.0 Å². The van der Waals surface area contributed by atoms with Crippen molar-refractivity contribution in [3.05, 3.63) is 30.4 Å². The van der Waals surface area contributed by atoms with Crippen LogP contribution in [0, 0.1) is 0 Å². The highest BCUT2D eigenvalue weighted by Gasteiger charge is 2.17. The van der Waals surface area contributed by atoms with Gasteiger partial charge in [-0.3, -0.25) is 9.35 Å². The number of nitrogens with two attached hydrogens (primary N) is 1. The molecule has 0 aliphatic carbocycles. The Kier molecular flexibility index (Phi) is 3.92. The fraction of sp³-hybridized carbons (Fsp3) is 0. The van der Waals surface area contributed by atoms with E-state index in [2.05, 4.69) is 11.9 Å². The lowest BCUT2D eigenvalue weighted by molar-refractivity contribution is -0.134. The molecule has 0 aliphatic rings. The zero-order valence-electron chi connectivity index (χ0n) is 9.45. The number of benzene rings is 1. The molecule has 0 atom stereocenters. The van der Waals surface area contributed by atoms with Crippen molar-refractivity contribution in [1.82, 2.24) is 0 Å². The summed E-state index contributed by atoms with van der Waals surface area (Å²) in [6.45, 7) is 3.05. The summed E-state index contributed by atoms with van der Waals surface area (Å²) in [5, 5.41) is 10.7. The SMILES string of the molecule is C=C(C(=O)O)C(=O)Nc1ccc(S(=O)(=O)O)c(N)c1. The molecule has 1 aromatic rings. The molecule has 0 heterocycles. The fourth-order valence-corrected chi connectivity index (χ4v) is 1.76. The molecule has 8 nitrogen and oxygen atoms in total. The topological polar surface area (TPSA) is 147 Å². The number of carbonyl (C=O) groups is 2. The summed E-state index contributed by atoms with van der Waals surface area (Å²) in [5.74, 6) is -2.45. The molecule has 5 N–H and O–H groups in total. The Morgan fingerprint density at radius 2 is 1.89 bits per heavy atom. The molecule has 0 aromatic heterocycles. The van der Waals surface area contributed by atoms with Gasteiger partial charge in [-0.2, -0.15) is 8.42 Å². The maximum Gasteiger partial charge on any atom is 0.340 e. The van der Waals surface area contributed by atoms with Crippen molar-refractivity contribution in [3.63, 3.8) is 0 Å². The van der Waals surface area contributed by atoms with Gasteiger partial charge in [-0.05, 0) is 18.2 Å². The molecular weight excluding hydrogens is 276 g/mol. The second kappa shape index (κ2) is 5.08. The average molecular weight is 286 g/mol. The van der Waals surface area contributed by atoms with Gasteiger partial charge in [0.25, 0.3) is 16.0 Å². The van der Waals surface area contributed by atoms with Crippen molar-refractivity contribution in [1.29, 1.82) is 0 Å². The van der Waals surface area contributed by atoms with Gasteiger partial charge in [-0.1, -0.05) is 6.58 Å². The molecule has 0 unspecified atom stereocenters. The number of hydrogen-bond donors (Lipinski definition) is 4. The Balaban J connectivity index is 3.01. The lowest BCUT2D eigenvalue weighted by Gasteiger charge is -2.07. The first-order valence-corrected chi connectivity index (χ1v) is 6.17. The molecule has 1 amide bonds. The van der Waals surface area contributed by atoms with E-state index in [0.717, 1.165) is 18.2 Å². The Bertz CT molecular complexity index is 665. The lowest BCUT2D eigenvalue weighted by atomic mass is 10.2. The smallest absolute Gasteiger partial charge is 0.340 e. The normalized spacial score (nSPS) is 10.8. The van der Waals surface area contributed by atoms with Crippen molar-refractivity contribution in [2.75, 3.05) is 11.1 Å². The summed E-state index contributed by atoms with van der Waals surface area (Å²) < 4.78 is 30.6. The van der Waals surface area contributed by atoms with Gasteiger partial charge < -0.3 is 16.2 Å². The number of amides is 1. The van der Waals surface area contributed by atoms with E-state index in [4.69, 9.17) is 15.4 Å². The predicted octanol–water partition coefficient (Wildman–Crippen LogP) is 0.0948. The largest absolute Gasteiger partial charge is 0.478 e. The summed E-state index contributed by atoms with van der Waals surface area (Å²) in [6.07, 6.45) is 0. The van der Waals surface area contributed by atoms with Gasteiger partial charge in [0, 0.05) is 5.69 Å². The molecule has 9 heteroatoms. The van der Waals surface area contributed by atoms with Crippen LogP contribution in [0.3, 0.4) is 0 Å². The first-order chi connectivity index (χ1) is 8.62. The summed E-state index contributed by atoms with van der Waals surface area (Å²) in [4.78, 5) is 21.3. The highest BCUT2D eigenvalue weighted by Crippen LogP contribution is 2.22. The minimum Gasteiger partial charge on any atom is -0.478 e. The van der Waals surface area contributed by atoms with Gasteiger partial charge >= 0.3 is 5.97 Å². The Hall–Kier alpha value is -2.39. The Morgan fingerprint density at radius 3 is 2.32 bits per heavy atom. The van der Waals surface area contributed by atoms with Crippen LogP contribution < -0.4 is 11.1 Å². The van der Waals surface area contributed by atoms with Crippen LogP contribution in [-0.4, -0.2) is 30.0 Å². The number of carbonyl (C=O) groups excluding carboxylic acids is 1. The third-order valence-electron chi connectivity index (χ3n) is 2.08. The number of rotatable bonds is 4. The van der Waals surface area contributed by atoms with Crippen LogP contribution in [-0.2, 0) is 19.7 Å². The number of anilines is 2. The van der Waals surface area contributed by atoms with Gasteiger partial charge in [-0.15, -0.1) is 0 Å². The highest BCUT2D eigenvalue weighted by molar-refractivity contribution is 7.86. The number of hydrogen-bond acceptors (Lipinski definition) is 5. The van der Waals surface area contributed by atoms with Gasteiger partial charge in [-0.25, -0.2) is 4.79 Å². The van der Waals surface area contributed by atoms with Crippen molar-refractivity contribution in [2.45, 2.75) is 4.90 Å². The third kappa shape index (κ3) is 3.53. The molecule has 0 saturated carbocycles. The van der Waals surface area contributed by atoms with E-state index in [-0.39, 0.29) is 11.4 Å². The van der Waals surface area contributed by atoms with Crippen LogP contribution in [0.15, 0.2) is 35.2 Å². The minimum absolute atomic E-state index is 0.0669. The summed E-state index contributed by atoms with van der Waals surface area (Å²) in [7, 11) is -4.46. The molecule has 19 heavy (non-hydrogen) atoms. The van der Waals surface area contributed by atoms with Crippen LogP contribution >= 0.6 is 0 Å². The molecule has 0 bridgehead atoms. The van der Waals surface area contributed by atoms with Crippen LogP contribution in [0.25, 0.3) is 0 Å². The second-order valence-electron chi connectivity index (χ2n) is 3.47. The first-order valence-electron chi connectivity index (χ1n) is 4.73. The van der Waals surface area contributed by atoms with Crippen LogP contribution in [0.4, 0.5) is 11.4 Å². The van der Waals surface area contributed by atoms with Gasteiger partial charge in [0.1, 0.15) is 10.5 Å². The van der Waals surface area contributed by atoms with Crippen LogP contribution in [0.2, 0.25) is 0 Å². The molecule has 0 spiro atoms. The summed E-state index contributed by atoms with van der Waals surface area (Å²) in [6, 6.07) is 3.19. The van der Waals surface area contributed by atoms with Crippen LogP contribution in [0.1, 0.15) is 0 Å². The molecule has 1 aromatic carbocycles. The monoisotopic (exact) mass is 286 g/mol. The average Bonchev–Trinajstić information content (AvgIpc) is 2.25. The highest BCUT2D eigenvalue weighted by atomic mass is 32.2. The number of carboxylic acids is 1. The molecule has 1 rings (SSSR count). The van der Waals surface area contributed by atoms with E-state index in [0.29, 0.717) is 0 Å². The predicted molar refractivity (Wildman–Crippen MR) is 66.1 cm³/mol. The minimum atomic E-state index is -4.46. The third-order valence-corrected chi connectivity index (χ3v) is 3.01. The molecule has 0 aliphatic heterocycles. The molecular formula is C10H10N2O6S. The summed E-state index contributed by atoms with van der Waals surface area (Å²) in [5.41, 5.74) is 4.48. The van der Waals surface area contributed by atoms with Gasteiger partial charge in [0.2, 0.25) is 0 Å². The molecule has 0 radical (unpaired) electrons. The molecule has 0 fully saturated rings. The first kappa shape index (κ1) is 14.7. The van der Waals surface area contributed by atoms with Crippen molar-refractivity contribution in [3.8, 4) is 0 Å². The number of aliphatic carboxylic acids is 1. The zero-order chi connectivity index (χ0) is 14.8. The van der Waals surface area contributed by atoms with E-state index in [1.165, 1.54) is 0 Å². The van der Waals surface area contributed by atoms with Gasteiger partial charge in [0.15, 0.2) is 0 Å². The van der Waals surface area contributed by atoms with E-state index in [1.54, 1.807) is 0 Å². The maximum atomic E-state index is 11.3. The van der Waals surface area contributed by atoms with Crippen molar-refractivity contribution < 1.29 is 27.7 Å². The van der Waals surface area contributed by atoms with E-state index < -0.39 is 32.5 Å². The maximum absolute atomic E-state index is 11.3. The van der Waals surface area contributed by atoms with E-state index in [1.807, 2.05) is 0 Å². The summed E-state index contributed by atoms with van der Waals surface area (Å²) >= 11 is 0. The standard InChI is InChI=1S/C10H10N2O6S/c1-5(10(14)15)9(13)12-6-2-3-8(7(11)4-6)19(16,17)18/h2-4H,1,11H2,(H,12,13)(H,14,15)(H,16,17,18). The quantitative estimate of drug-likeness (QED) is 0.202. The second-order valence-corrected chi connectivity index (χ2v) is 4.86. The Morgan fingerprint density at radius 1 is 1.32 bits per heavy atom. The van der Waals surface area contributed by atoms with Crippen LogP contribution in [0.5, 0.6) is 0 Å². The van der Waals surface area contributed by atoms with Crippen molar-refractivity contribution in [2.24, 2.45) is 0 Å².